The standard InChI is InChI=1S/C16H25F3N4S.HI/c1-11-22-14(10-24-11)9-23(3)15(20-2)21-8-12-4-6-13(7-5-12)16(17,18)19;/h10,12-13H,4-9H2,1-3H3,(H,20,21);1H. The number of thiazole rings is 1. The van der Waals surface area contributed by atoms with Crippen molar-refractivity contribution in [1.82, 2.24) is 15.2 Å². The molecule has 1 heterocycles. The smallest absolute Gasteiger partial charge is 0.356 e. The summed E-state index contributed by atoms with van der Waals surface area (Å²) in [5, 5.41) is 6.35. The summed E-state index contributed by atoms with van der Waals surface area (Å²) >= 11 is 1.61. The third kappa shape index (κ3) is 6.92. The van der Waals surface area contributed by atoms with Gasteiger partial charge in [-0.1, -0.05) is 0 Å². The molecule has 0 atom stereocenters. The maximum absolute atomic E-state index is 12.7. The fourth-order valence-corrected chi connectivity index (χ4v) is 3.72. The first kappa shape index (κ1) is 22.5. The van der Waals surface area contributed by atoms with Gasteiger partial charge in [0.2, 0.25) is 0 Å². The number of halogens is 4. The molecule has 1 fully saturated rings. The van der Waals surface area contributed by atoms with Crippen molar-refractivity contribution < 1.29 is 13.2 Å². The predicted molar refractivity (Wildman–Crippen MR) is 107 cm³/mol. The Morgan fingerprint density at radius 3 is 2.48 bits per heavy atom. The van der Waals surface area contributed by atoms with Gasteiger partial charge >= 0.3 is 6.18 Å². The van der Waals surface area contributed by atoms with E-state index in [0.717, 1.165) is 16.7 Å². The highest BCUT2D eigenvalue weighted by Crippen LogP contribution is 2.39. The first-order valence-corrected chi connectivity index (χ1v) is 9.07. The van der Waals surface area contributed by atoms with Gasteiger partial charge in [0.1, 0.15) is 0 Å². The van der Waals surface area contributed by atoms with E-state index in [1.807, 2.05) is 24.3 Å². The summed E-state index contributed by atoms with van der Waals surface area (Å²) in [7, 11) is 3.65. The molecule has 1 N–H and O–H groups in total. The second-order valence-electron chi connectivity index (χ2n) is 6.40. The molecule has 1 aliphatic carbocycles. The lowest BCUT2D eigenvalue weighted by molar-refractivity contribution is -0.183. The molecule has 25 heavy (non-hydrogen) atoms. The molecule has 0 bridgehead atoms. The van der Waals surface area contributed by atoms with Crippen molar-refractivity contribution >= 4 is 41.3 Å². The molecule has 0 unspecified atom stereocenters. The molecule has 9 heteroatoms. The van der Waals surface area contributed by atoms with Crippen LogP contribution in [0, 0.1) is 18.8 Å². The SMILES string of the molecule is CN=C(NCC1CCC(C(F)(F)F)CC1)N(C)Cc1csc(C)n1.I. The zero-order chi connectivity index (χ0) is 17.7. The van der Waals surface area contributed by atoms with Gasteiger partial charge in [-0.3, -0.25) is 4.99 Å². The van der Waals surface area contributed by atoms with E-state index >= 15 is 0 Å². The van der Waals surface area contributed by atoms with Gasteiger partial charge in [0.25, 0.3) is 0 Å². The highest BCUT2D eigenvalue weighted by atomic mass is 127. The number of hydrogen-bond donors (Lipinski definition) is 1. The van der Waals surface area contributed by atoms with Crippen molar-refractivity contribution in [3.05, 3.63) is 16.1 Å². The lowest BCUT2D eigenvalue weighted by atomic mass is 9.81. The molecule has 1 saturated carbocycles. The normalized spacial score (nSPS) is 21.6. The number of rotatable bonds is 4. The largest absolute Gasteiger partial charge is 0.391 e. The number of aromatic nitrogens is 1. The van der Waals surface area contributed by atoms with E-state index in [9.17, 15) is 13.2 Å². The molecule has 0 aromatic carbocycles. The highest BCUT2D eigenvalue weighted by molar-refractivity contribution is 14.0. The van der Waals surface area contributed by atoms with Crippen LogP contribution in [0.4, 0.5) is 13.2 Å². The number of aliphatic imine (C=N–C) groups is 1. The quantitative estimate of drug-likeness (QED) is 0.386. The van der Waals surface area contributed by atoms with E-state index in [2.05, 4.69) is 15.3 Å². The van der Waals surface area contributed by atoms with E-state index in [4.69, 9.17) is 0 Å². The van der Waals surface area contributed by atoms with E-state index in [-0.39, 0.29) is 42.7 Å². The van der Waals surface area contributed by atoms with E-state index < -0.39 is 12.1 Å². The molecule has 0 spiro atoms. The van der Waals surface area contributed by atoms with Crippen LogP contribution in [0.15, 0.2) is 10.4 Å². The summed E-state index contributed by atoms with van der Waals surface area (Å²) in [5.41, 5.74) is 0.994. The molecule has 0 saturated heterocycles. The maximum Gasteiger partial charge on any atom is 0.391 e. The first-order chi connectivity index (χ1) is 11.3. The molecule has 1 aromatic heterocycles. The van der Waals surface area contributed by atoms with Crippen molar-refractivity contribution in [1.29, 1.82) is 0 Å². The van der Waals surface area contributed by atoms with Crippen LogP contribution in [0.5, 0.6) is 0 Å². The van der Waals surface area contributed by atoms with Crippen molar-refractivity contribution in [3.8, 4) is 0 Å². The van der Waals surface area contributed by atoms with Crippen LogP contribution >= 0.6 is 35.3 Å². The number of nitrogens with zero attached hydrogens (tertiary/aromatic N) is 3. The predicted octanol–water partition coefficient (Wildman–Crippen LogP) is 4.45. The van der Waals surface area contributed by atoms with Gasteiger partial charge in [-0.25, -0.2) is 4.98 Å². The van der Waals surface area contributed by atoms with Crippen molar-refractivity contribution in [2.75, 3.05) is 20.6 Å². The fourth-order valence-electron chi connectivity index (χ4n) is 3.11. The van der Waals surface area contributed by atoms with Crippen LogP contribution in [0.3, 0.4) is 0 Å². The van der Waals surface area contributed by atoms with Gasteiger partial charge in [0.15, 0.2) is 5.96 Å². The van der Waals surface area contributed by atoms with Crippen LogP contribution in [0.25, 0.3) is 0 Å². The average molecular weight is 490 g/mol. The van der Waals surface area contributed by atoms with Gasteiger partial charge in [-0.15, -0.1) is 35.3 Å². The van der Waals surface area contributed by atoms with Gasteiger partial charge < -0.3 is 10.2 Å². The van der Waals surface area contributed by atoms with Crippen molar-refractivity contribution in [2.45, 2.75) is 45.3 Å². The lowest BCUT2D eigenvalue weighted by Gasteiger charge is -2.31. The van der Waals surface area contributed by atoms with Crippen molar-refractivity contribution in [2.24, 2.45) is 16.8 Å². The Bertz CT molecular complexity index is 554. The van der Waals surface area contributed by atoms with Gasteiger partial charge in [-0.2, -0.15) is 13.2 Å². The third-order valence-electron chi connectivity index (χ3n) is 4.50. The number of aryl methyl sites for hydroxylation is 1. The minimum Gasteiger partial charge on any atom is -0.356 e. The third-order valence-corrected chi connectivity index (χ3v) is 5.32. The highest BCUT2D eigenvalue weighted by Gasteiger charge is 2.41. The number of guanidine groups is 1. The van der Waals surface area contributed by atoms with Crippen LogP contribution in [-0.4, -0.2) is 42.7 Å². The molecule has 4 nitrogen and oxygen atoms in total. The Morgan fingerprint density at radius 2 is 2.00 bits per heavy atom. The minimum absolute atomic E-state index is 0. The molecular formula is C16H26F3IN4S. The zero-order valence-electron chi connectivity index (χ0n) is 14.8. The molecule has 144 valence electrons. The summed E-state index contributed by atoms with van der Waals surface area (Å²) in [5.74, 6) is -0.0995. The zero-order valence-corrected chi connectivity index (χ0v) is 17.9. The number of nitrogens with one attached hydrogen (secondary N) is 1. The Balaban J connectivity index is 0.00000312. The summed E-state index contributed by atoms with van der Waals surface area (Å²) in [6.45, 7) is 3.29. The Hall–Kier alpha value is -0.580. The second-order valence-corrected chi connectivity index (χ2v) is 7.46. The van der Waals surface area contributed by atoms with Crippen LogP contribution in [0.1, 0.15) is 36.4 Å². The molecule has 0 radical (unpaired) electrons. The molecule has 1 aromatic rings. The summed E-state index contributed by atoms with van der Waals surface area (Å²) in [6, 6.07) is 0. The van der Waals surface area contributed by atoms with Crippen LogP contribution in [0.2, 0.25) is 0 Å². The summed E-state index contributed by atoms with van der Waals surface area (Å²) < 4.78 is 38.1. The Labute approximate surface area is 168 Å². The van der Waals surface area contributed by atoms with Gasteiger partial charge in [-0.05, 0) is 38.5 Å². The van der Waals surface area contributed by atoms with Gasteiger partial charge in [0.05, 0.1) is 23.2 Å². The van der Waals surface area contributed by atoms with E-state index in [0.29, 0.717) is 25.9 Å². The summed E-state index contributed by atoms with van der Waals surface area (Å²) in [6.07, 6.45) is -2.34. The van der Waals surface area contributed by atoms with E-state index in [1.165, 1.54) is 0 Å². The molecule has 0 amide bonds. The maximum atomic E-state index is 12.7. The monoisotopic (exact) mass is 490 g/mol. The van der Waals surface area contributed by atoms with Crippen LogP contribution < -0.4 is 5.32 Å². The van der Waals surface area contributed by atoms with Crippen molar-refractivity contribution in [3.63, 3.8) is 0 Å². The Morgan fingerprint density at radius 1 is 1.36 bits per heavy atom. The number of hydrogen-bond acceptors (Lipinski definition) is 3. The minimum atomic E-state index is -4.04. The molecule has 1 aliphatic rings. The second kappa shape index (κ2) is 9.94. The summed E-state index contributed by atoms with van der Waals surface area (Å²) in [4.78, 5) is 10.7. The first-order valence-electron chi connectivity index (χ1n) is 8.19. The van der Waals surface area contributed by atoms with Crippen LogP contribution in [-0.2, 0) is 6.54 Å². The average Bonchev–Trinajstić information content (AvgIpc) is 2.92. The fraction of sp³-hybridized carbons (Fsp3) is 0.750. The molecular weight excluding hydrogens is 464 g/mol. The van der Waals surface area contributed by atoms with Gasteiger partial charge in [0, 0.05) is 26.0 Å². The number of alkyl halides is 3. The Kier molecular flexibility index (Phi) is 8.93. The van der Waals surface area contributed by atoms with E-state index in [1.54, 1.807) is 18.4 Å². The molecule has 2 rings (SSSR count). The topological polar surface area (TPSA) is 40.5 Å². The lowest BCUT2D eigenvalue weighted by Crippen LogP contribution is -2.41. The molecule has 0 aliphatic heterocycles.